The van der Waals surface area contributed by atoms with E-state index in [0.29, 0.717) is 0 Å². The number of hydrogen-bond acceptors (Lipinski definition) is 2. The SMILES string of the molecule is CCc1ccc([C@@H](N)CC(F)F)s1.Cl. The largest absolute Gasteiger partial charge is 0.323 e. The molecule has 1 aromatic heterocycles. The fourth-order valence-electron chi connectivity index (χ4n) is 1.09. The molecule has 14 heavy (non-hydrogen) atoms. The van der Waals surface area contributed by atoms with E-state index in [9.17, 15) is 8.78 Å². The predicted molar refractivity (Wildman–Crippen MR) is 58.5 cm³/mol. The lowest BCUT2D eigenvalue weighted by Crippen LogP contribution is -2.12. The molecule has 0 saturated heterocycles. The Morgan fingerprint density at radius 3 is 2.50 bits per heavy atom. The zero-order valence-corrected chi connectivity index (χ0v) is 9.51. The topological polar surface area (TPSA) is 26.0 Å². The smallest absolute Gasteiger partial charge is 0.240 e. The molecule has 5 heteroatoms. The lowest BCUT2D eigenvalue weighted by molar-refractivity contribution is 0.129. The third-order valence-corrected chi connectivity index (χ3v) is 3.19. The molecule has 1 aromatic rings. The molecule has 0 fully saturated rings. The van der Waals surface area contributed by atoms with Gasteiger partial charge >= 0.3 is 0 Å². The predicted octanol–water partition coefficient (Wildman–Crippen LogP) is 3.39. The standard InChI is InChI=1S/C9H13F2NS.ClH/c1-2-6-3-4-8(13-6)7(12)5-9(10)11;/h3-4,7,9H,2,5,12H2,1H3;1H/t7-;/m0./s1. The van der Waals surface area contributed by atoms with Gasteiger partial charge in [0, 0.05) is 22.2 Å². The summed E-state index contributed by atoms with van der Waals surface area (Å²) in [6.45, 7) is 2.04. The molecule has 1 heterocycles. The van der Waals surface area contributed by atoms with E-state index in [2.05, 4.69) is 0 Å². The van der Waals surface area contributed by atoms with Crippen LogP contribution in [0.25, 0.3) is 0 Å². The van der Waals surface area contributed by atoms with Crippen LogP contribution in [0, 0.1) is 0 Å². The van der Waals surface area contributed by atoms with Gasteiger partial charge in [-0.3, -0.25) is 0 Å². The van der Waals surface area contributed by atoms with Crippen LogP contribution >= 0.6 is 23.7 Å². The first kappa shape index (κ1) is 13.8. The second-order valence-electron chi connectivity index (χ2n) is 2.89. The van der Waals surface area contributed by atoms with E-state index in [1.165, 1.54) is 16.2 Å². The molecule has 0 spiro atoms. The summed E-state index contributed by atoms with van der Waals surface area (Å²) in [6, 6.07) is 3.28. The molecule has 0 aliphatic rings. The van der Waals surface area contributed by atoms with Crippen molar-refractivity contribution in [1.82, 2.24) is 0 Å². The van der Waals surface area contributed by atoms with Crippen LogP contribution in [0.2, 0.25) is 0 Å². The van der Waals surface area contributed by atoms with Gasteiger partial charge in [-0.2, -0.15) is 0 Å². The summed E-state index contributed by atoms with van der Waals surface area (Å²) in [6.07, 6.45) is -1.63. The summed E-state index contributed by atoms with van der Waals surface area (Å²) in [7, 11) is 0. The van der Waals surface area contributed by atoms with Crippen molar-refractivity contribution in [2.24, 2.45) is 5.73 Å². The van der Waals surface area contributed by atoms with E-state index in [1.54, 1.807) is 0 Å². The van der Waals surface area contributed by atoms with Crippen molar-refractivity contribution in [2.75, 3.05) is 0 Å². The highest BCUT2D eigenvalue weighted by Crippen LogP contribution is 2.25. The highest BCUT2D eigenvalue weighted by Gasteiger charge is 2.14. The van der Waals surface area contributed by atoms with E-state index >= 15 is 0 Å². The fraction of sp³-hybridized carbons (Fsp3) is 0.556. The Morgan fingerprint density at radius 1 is 1.43 bits per heavy atom. The maximum Gasteiger partial charge on any atom is 0.240 e. The highest BCUT2D eigenvalue weighted by molar-refractivity contribution is 7.12. The summed E-state index contributed by atoms with van der Waals surface area (Å²) in [4.78, 5) is 2.05. The van der Waals surface area contributed by atoms with Crippen molar-refractivity contribution >= 4 is 23.7 Å². The third kappa shape index (κ3) is 3.90. The van der Waals surface area contributed by atoms with Gasteiger partial charge in [0.2, 0.25) is 6.43 Å². The number of hydrogen-bond donors (Lipinski definition) is 1. The first-order chi connectivity index (χ1) is 6.13. The Bertz CT molecular complexity index is 265. The van der Waals surface area contributed by atoms with Gasteiger partial charge in [0.25, 0.3) is 0 Å². The minimum Gasteiger partial charge on any atom is -0.323 e. The number of alkyl halides is 2. The van der Waals surface area contributed by atoms with Crippen LogP contribution in [0.15, 0.2) is 12.1 Å². The molecule has 2 N–H and O–H groups in total. The van der Waals surface area contributed by atoms with E-state index in [1.807, 2.05) is 19.1 Å². The van der Waals surface area contributed by atoms with Crippen LogP contribution < -0.4 is 5.73 Å². The van der Waals surface area contributed by atoms with Gasteiger partial charge in [-0.1, -0.05) is 6.92 Å². The van der Waals surface area contributed by atoms with Crippen molar-refractivity contribution in [3.63, 3.8) is 0 Å². The van der Waals surface area contributed by atoms with Crippen LogP contribution in [0.1, 0.15) is 29.1 Å². The lowest BCUT2D eigenvalue weighted by Gasteiger charge is -2.07. The van der Waals surface area contributed by atoms with Gasteiger partial charge in [-0.25, -0.2) is 8.78 Å². The number of aryl methyl sites for hydroxylation is 1. The van der Waals surface area contributed by atoms with Crippen LogP contribution in [-0.2, 0) is 6.42 Å². The highest BCUT2D eigenvalue weighted by atomic mass is 35.5. The van der Waals surface area contributed by atoms with Gasteiger partial charge in [-0.15, -0.1) is 23.7 Å². The third-order valence-electron chi connectivity index (χ3n) is 1.83. The fourth-order valence-corrected chi connectivity index (χ4v) is 2.06. The van der Waals surface area contributed by atoms with E-state index in [0.717, 1.165) is 11.3 Å². The molecule has 1 rings (SSSR count). The van der Waals surface area contributed by atoms with E-state index < -0.39 is 12.5 Å². The second-order valence-corrected chi connectivity index (χ2v) is 4.09. The Labute approximate surface area is 92.7 Å². The van der Waals surface area contributed by atoms with Gasteiger partial charge in [0.1, 0.15) is 0 Å². The summed E-state index contributed by atoms with van der Waals surface area (Å²) in [5.74, 6) is 0. The van der Waals surface area contributed by atoms with Crippen molar-refractivity contribution in [3.05, 3.63) is 21.9 Å². The molecule has 82 valence electrons. The molecule has 0 bridgehead atoms. The summed E-state index contributed by atoms with van der Waals surface area (Å²) < 4.78 is 24.0. The normalized spacial score (nSPS) is 12.6. The van der Waals surface area contributed by atoms with Gasteiger partial charge in [0.15, 0.2) is 0 Å². The Hall–Kier alpha value is -0.190. The molecule has 0 amide bonds. The molecule has 0 aliphatic carbocycles. The van der Waals surface area contributed by atoms with Crippen molar-refractivity contribution < 1.29 is 8.78 Å². The Morgan fingerprint density at radius 2 is 2.07 bits per heavy atom. The Balaban J connectivity index is 0.00000169. The molecular weight excluding hydrogens is 228 g/mol. The average molecular weight is 242 g/mol. The molecule has 0 radical (unpaired) electrons. The molecular formula is C9H14ClF2NS. The quantitative estimate of drug-likeness (QED) is 0.859. The van der Waals surface area contributed by atoms with E-state index in [-0.39, 0.29) is 18.8 Å². The molecule has 0 aliphatic heterocycles. The van der Waals surface area contributed by atoms with Crippen LogP contribution in [-0.4, -0.2) is 6.43 Å². The molecule has 0 saturated carbocycles. The maximum absolute atomic E-state index is 12.0. The van der Waals surface area contributed by atoms with Crippen molar-refractivity contribution in [3.8, 4) is 0 Å². The van der Waals surface area contributed by atoms with Crippen LogP contribution in [0.3, 0.4) is 0 Å². The zero-order chi connectivity index (χ0) is 9.84. The van der Waals surface area contributed by atoms with E-state index in [4.69, 9.17) is 5.73 Å². The first-order valence-electron chi connectivity index (χ1n) is 4.25. The number of halogens is 3. The summed E-state index contributed by atoms with van der Waals surface area (Å²) >= 11 is 1.52. The molecule has 0 unspecified atom stereocenters. The number of thiophene rings is 1. The van der Waals surface area contributed by atoms with Gasteiger partial charge in [0.05, 0.1) is 0 Å². The summed E-state index contributed by atoms with van der Waals surface area (Å²) in [5.41, 5.74) is 5.59. The van der Waals surface area contributed by atoms with Gasteiger partial charge in [-0.05, 0) is 18.6 Å². The molecule has 1 nitrogen and oxygen atoms in total. The molecule has 0 aromatic carbocycles. The number of rotatable bonds is 4. The zero-order valence-electron chi connectivity index (χ0n) is 7.87. The second kappa shape index (κ2) is 6.32. The minimum atomic E-state index is -2.32. The maximum atomic E-state index is 12.0. The van der Waals surface area contributed by atoms with Gasteiger partial charge < -0.3 is 5.73 Å². The summed E-state index contributed by atoms with van der Waals surface area (Å²) in [5, 5.41) is 0. The average Bonchev–Trinajstić information content (AvgIpc) is 2.50. The van der Waals surface area contributed by atoms with Crippen LogP contribution in [0.5, 0.6) is 0 Å². The van der Waals surface area contributed by atoms with Crippen molar-refractivity contribution in [1.29, 1.82) is 0 Å². The molecule has 1 atom stereocenters. The van der Waals surface area contributed by atoms with Crippen LogP contribution in [0.4, 0.5) is 8.78 Å². The first-order valence-corrected chi connectivity index (χ1v) is 5.07. The van der Waals surface area contributed by atoms with Crippen molar-refractivity contribution in [2.45, 2.75) is 32.2 Å². The Kier molecular flexibility index (Phi) is 6.24. The minimum absolute atomic E-state index is 0. The lowest BCUT2D eigenvalue weighted by atomic mass is 10.2. The monoisotopic (exact) mass is 241 g/mol. The number of nitrogens with two attached hydrogens (primary N) is 1.